The second-order valence-electron chi connectivity index (χ2n) is 5.64. The van der Waals surface area contributed by atoms with Crippen molar-refractivity contribution in [2.24, 2.45) is 5.41 Å². The standard InChI is InChI=1S/C16H21N/c1-16(2,3)15-9-11-17(12-10-15)13-14-7-5-4-6-8-14/h4-11H,12-13H2,1-3H3. The number of hydrogen-bond donors (Lipinski definition) is 0. The smallest absolute Gasteiger partial charge is 0.0427 e. The van der Waals surface area contributed by atoms with Crippen LogP contribution in [-0.4, -0.2) is 11.4 Å². The van der Waals surface area contributed by atoms with Gasteiger partial charge in [-0.3, -0.25) is 0 Å². The summed E-state index contributed by atoms with van der Waals surface area (Å²) in [5.74, 6) is 0. The lowest BCUT2D eigenvalue weighted by Crippen LogP contribution is -2.22. The molecule has 0 spiro atoms. The average Bonchev–Trinajstić information content (AvgIpc) is 2.30. The van der Waals surface area contributed by atoms with Crippen LogP contribution in [0.1, 0.15) is 26.3 Å². The van der Waals surface area contributed by atoms with Crippen molar-refractivity contribution in [3.8, 4) is 0 Å². The maximum absolute atomic E-state index is 2.34. The van der Waals surface area contributed by atoms with E-state index in [4.69, 9.17) is 0 Å². The zero-order valence-electron chi connectivity index (χ0n) is 11.0. The van der Waals surface area contributed by atoms with E-state index in [0.717, 1.165) is 13.1 Å². The fourth-order valence-corrected chi connectivity index (χ4v) is 2.02. The largest absolute Gasteiger partial charge is 0.369 e. The van der Waals surface area contributed by atoms with Crippen LogP contribution in [-0.2, 0) is 6.54 Å². The predicted molar refractivity (Wildman–Crippen MR) is 73.5 cm³/mol. The van der Waals surface area contributed by atoms with E-state index in [9.17, 15) is 0 Å². The van der Waals surface area contributed by atoms with E-state index >= 15 is 0 Å². The number of hydrogen-bond acceptors (Lipinski definition) is 1. The van der Waals surface area contributed by atoms with Gasteiger partial charge >= 0.3 is 0 Å². The first kappa shape index (κ1) is 12.0. The summed E-state index contributed by atoms with van der Waals surface area (Å²) in [5, 5.41) is 0. The zero-order chi connectivity index (χ0) is 12.3. The van der Waals surface area contributed by atoms with Crippen LogP contribution in [0, 0.1) is 5.41 Å². The summed E-state index contributed by atoms with van der Waals surface area (Å²) in [5.41, 5.74) is 3.06. The highest BCUT2D eigenvalue weighted by molar-refractivity contribution is 5.28. The Morgan fingerprint density at radius 2 is 1.82 bits per heavy atom. The highest BCUT2D eigenvalue weighted by atomic mass is 15.1. The minimum atomic E-state index is 0.259. The van der Waals surface area contributed by atoms with Crippen molar-refractivity contribution in [3.63, 3.8) is 0 Å². The van der Waals surface area contributed by atoms with E-state index in [2.05, 4.69) is 74.4 Å². The average molecular weight is 227 g/mol. The van der Waals surface area contributed by atoms with Crippen LogP contribution in [0.2, 0.25) is 0 Å². The van der Waals surface area contributed by atoms with Crippen molar-refractivity contribution in [1.29, 1.82) is 0 Å². The molecule has 0 atom stereocenters. The summed E-state index contributed by atoms with van der Waals surface area (Å²) in [4.78, 5) is 2.34. The molecular formula is C16H21N. The lowest BCUT2D eigenvalue weighted by Gasteiger charge is -2.28. The number of benzene rings is 1. The minimum absolute atomic E-state index is 0.259. The van der Waals surface area contributed by atoms with Crippen molar-refractivity contribution in [3.05, 3.63) is 59.8 Å². The van der Waals surface area contributed by atoms with Gasteiger partial charge in [-0.15, -0.1) is 0 Å². The number of rotatable bonds is 2. The summed E-state index contributed by atoms with van der Waals surface area (Å²) in [6.07, 6.45) is 6.79. The summed E-state index contributed by atoms with van der Waals surface area (Å²) in [6.45, 7) is 8.78. The maximum Gasteiger partial charge on any atom is 0.0427 e. The Kier molecular flexibility index (Phi) is 3.37. The topological polar surface area (TPSA) is 3.24 Å². The third-order valence-corrected chi connectivity index (χ3v) is 3.11. The molecule has 1 nitrogen and oxygen atoms in total. The first-order valence-electron chi connectivity index (χ1n) is 6.22. The summed E-state index contributed by atoms with van der Waals surface area (Å²) in [6, 6.07) is 10.6. The van der Waals surface area contributed by atoms with Gasteiger partial charge < -0.3 is 4.90 Å². The number of nitrogens with zero attached hydrogens (tertiary/aromatic N) is 1. The fraction of sp³-hybridized carbons (Fsp3) is 0.375. The fourth-order valence-electron chi connectivity index (χ4n) is 2.02. The molecule has 0 bridgehead atoms. The Morgan fingerprint density at radius 3 is 2.35 bits per heavy atom. The molecule has 0 saturated carbocycles. The molecule has 0 unspecified atom stereocenters. The highest BCUT2D eigenvalue weighted by Crippen LogP contribution is 2.28. The van der Waals surface area contributed by atoms with Crippen LogP contribution in [0.3, 0.4) is 0 Å². The van der Waals surface area contributed by atoms with Crippen molar-refractivity contribution < 1.29 is 0 Å². The third kappa shape index (κ3) is 3.23. The van der Waals surface area contributed by atoms with Crippen molar-refractivity contribution in [2.45, 2.75) is 27.3 Å². The molecule has 1 aromatic rings. The molecule has 1 heterocycles. The van der Waals surface area contributed by atoms with Crippen LogP contribution in [0.4, 0.5) is 0 Å². The molecule has 2 rings (SSSR count). The van der Waals surface area contributed by atoms with Crippen molar-refractivity contribution >= 4 is 0 Å². The molecule has 0 aromatic heterocycles. The molecule has 1 aliphatic rings. The van der Waals surface area contributed by atoms with Gasteiger partial charge in [0.15, 0.2) is 0 Å². The SMILES string of the molecule is CC(C)(C)C1=CCN(Cc2ccccc2)C=C1. The zero-order valence-corrected chi connectivity index (χ0v) is 11.0. The lowest BCUT2D eigenvalue weighted by molar-refractivity contribution is 0.393. The molecule has 0 amide bonds. The van der Waals surface area contributed by atoms with Crippen LogP contribution < -0.4 is 0 Å². The Morgan fingerprint density at radius 1 is 1.12 bits per heavy atom. The van der Waals surface area contributed by atoms with Gasteiger partial charge in [0, 0.05) is 13.1 Å². The van der Waals surface area contributed by atoms with E-state index in [1.54, 1.807) is 0 Å². The summed E-state index contributed by atoms with van der Waals surface area (Å²) >= 11 is 0. The molecule has 0 N–H and O–H groups in total. The predicted octanol–water partition coefficient (Wildman–Crippen LogP) is 3.99. The van der Waals surface area contributed by atoms with Gasteiger partial charge in [0.25, 0.3) is 0 Å². The molecular weight excluding hydrogens is 206 g/mol. The molecule has 0 aliphatic carbocycles. The maximum atomic E-state index is 2.34. The molecule has 0 radical (unpaired) electrons. The molecule has 1 heteroatoms. The van der Waals surface area contributed by atoms with Crippen LogP contribution in [0.15, 0.2) is 54.3 Å². The van der Waals surface area contributed by atoms with Crippen molar-refractivity contribution in [2.75, 3.05) is 6.54 Å². The highest BCUT2D eigenvalue weighted by Gasteiger charge is 2.17. The van der Waals surface area contributed by atoms with Gasteiger partial charge in [-0.1, -0.05) is 57.2 Å². The quantitative estimate of drug-likeness (QED) is 0.738. The van der Waals surface area contributed by atoms with Gasteiger partial charge in [0.05, 0.1) is 0 Å². The molecule has 1 aliphatic heterocycles. The Balaban J connectivity index is 1.97. The van der Waals surface area contributed by atoms with E-state index in [0.29, 0.717) is 0 Å². The molecule has 0 fully saturated rings. The van der Waals surface area contributed by atoms with Gasteiger partial charge in [0.1, 0.15) is 0 Å². The van der Waals surface area contributed by atoms with Gasteiger partial charge in [-0.2, -0.15) is 0 Å². The normalized spacial score (nSPS) is 15.9. The van der Waals surface area contributed by atoms with Gasteiger partial charge in [-0.25, -0.2) is 0 Å². The molecule has 0 saturated heterocycles. The lowest BCUT2D eigenvalue weighted by atomic mass is 9.85. The molecule has 90 valence electrons. The van der Waals surface area contributed by atoms with Crippen LogP contribution in [0.25, 0.3) is 0 Å². The molecule has 17 heavy (non-hydrogen) atoms. The Hall–Kier alpha value is -1.50. The first-order chi connectivity index (χ1) is 8.05. The van der Waals surface area contributed by atoms with Gasteiger partial charge in [0.2, 0.25) is 0 Å². The second-order valence-corrected chi connectivity index (χ2v) is 5.64. The molecule has 1 aromatic carbocycles. The summed E-state index contributed by atoms with van der Waals surface area (Å²) < 4.78 is 0. The monoisotopic (exact) mass is 227 g/mol. The number of allylic oxidation sites excluding steroid dienone is 2. The van der Waals surface area contributed by atoms with Crippen LogP contribution >= 0.6 is 0 Å². The van der Waals surface area contributed by atoms with E-state index in [-0.39, 0.29) is 5.41 Å². The van der Waals surface area contributed by atoms with Gasteiger partial charge in [-0.05, 0) is 28.8 Å². The van der Waals surface area contributed by atoms with E-state index in [1.165, 1.54) is 11.1 Å². The van der Waals surface area contributed by atoms with E-state index < -0.39 is 0 Å². The Labute approximate surface area is 104 Å². The first-order valence-corrected chi connectivity index (χ1v) is 6.22. The minimum Gasteiger partial charge on any atom is -0.369 e. The van der Waals surface area contributed by atoms with E-state index in [1.807, 2.05) is 0 Å². The van der Waals surface area contributed by atoms with Crippen molar-refractivity contribution in [1.82, 2.24) is 4.90 Å². The second kappa shape index (κ2) is 4.79. The Bertz CT molecular complexity index is 421. The summed E-state index contributed by atoms with van der Waals surface area (Å²) in [7, 11) is 0. The van der Waals surface area contributed by atoms with Crippen LogP contribution in [0.5, 0.6) is 0 Å². The third-order valence-electron chi connectivity index (χ3n) is 3.11.